The summed E-state index contributed by atoms with van der Waals surface area (Å²) < 4.78 is 11.5. The zero-order chi connectivity index (χ0) is 35.7. The van der Waals surface area contributed by atoms with Crippen LogP contribution in [0.5, 0.6) is 11.5 Å². The molecule has 0 saturated heterocycles. The Bertz CT molecular complexity index is 1110. The molecule has 2 rings (SSSR count). The molecule has 1 unspecified atom stereocenters. The van der Waals surface area contributed by atoms with Crippen LogP contribution in [-0.4, -0.2) is 48.8 Å². The third-order valence-electron chi connectivity index (χ3n) is 9.38. The van der Waals surface area contributed by atoms with E-state index in [4.69, 9.17) is 9.47 Å². The second-order valence-corrected chi connectivity index (χ2v) is 13.9. The molecule has 0 aromatic heterocycles. The largest absolute Gasteiger partial charge is 0.465 e. The van der Waals surface area contributed by atoms with Gasteiger partial charge in [0, 0.05) is 6.61 Å². The number of unbranched alkanes of at least 4 members (excludes halogenated alkanes) is 15. The lowest BCUT2D eigenvalue weighted by Crippen LogP contribution is -2.27. The first-order valence-electron chi connectivity index (χ1n) is 20.3. The Balaban J connectivity index is 1.47. The van der Waals surface area contributed by atoms with Crippen LogP contribution in [0.1, 0.15) is 154 Å². The van der Waals surface area contributed by atoms with Crippen molar-refractivity contribution in [2.24, 2.45) is 0 Å². The number of rotatable bonds is 32. The summed E-state index contributed by atoms with van der Waals surface area (Å²) in [5.41, 5.74) is 0.936. The molecule has 0 aliphatic rings. The maximum Gasteiger partial charge on any atom is 0.313 e. The van der Waals surface area contributed by atoms with Crippen LogP contribution in [0.4, 0.5) is 0 Å². The van der Waals surface area contributed by atoms with E-state index in [-0.39, 0.29) is 11.9 Å². The quantitative estimate of drug-likeness (QED) is 0.0471. The first-order chi connectivity index (χ1) is 24.6. The van der Waals surface area contributed by atoms with Crippen LogP contribution < -0.4 is 4.74 Å². The zero-order valence-electron chi connectivity index (χ0n) is 31.9. The third kappa shape index (κ3) is 22.8. The van der Waals surface area contributed by atoms with Gasteiger partial charge in [-0.1, -0.05) is 126 Å². The van der Waals surface area contributed by atoms with Crippen molar-refractivity contribution in [1.82, 2.24) is 4.90 Å². The van der Waals surface area contributed by atoms with Gasteiger partial charge in [-0.2, -0.15) is 0 Å². The highest BCUT2D eigenvalue weighted by atomic mass is 16.5. The van der Waals surface area contributed by atoms with E-state index in [9.17, 15) is 9.90 Å². The minimum absolute atomic E-state index is 0.166. The number of ether oxygens (including phenoxy) is 2. The lowest BCUT2D eigenvalue weighted by atomic mass is 10.0. The van der Waals surface area contributed by atoms with E-state index in [1.54, 1.807) is 0 Å². The number of carbonyl (C=O) groups excluding carboxylic acids is 1. The van der Waals surface area contributed by atoms with Crippen molar-refractivity contribution in [3.05, 3.63) is 84.5 Å². The molecule has 0 saturated carbocycles. The number of aliphatic hydroxyl groups is 1. The molecule has 0 heterocycles. The molecular formula is C45H71NO4. The summed E-state index contributed by atoms with van der Waals surface area (Å²) in [5, 5.41) is 9.24. The Labute approximate surface area is 306 Å². The standard InChI is InChI=1S/C45H71NO4/c1-3-4-5-6-7-8-9-10-11-12-13-14-15-16-19-25-36-46(38-27-28-39-47)37-26-20-17-18-21-29-40-49-45(48)41(2)42-32-34-44(35-33-42)50-43-30-23-22-24-31-43/h10-11,13-14,22-24,30-35,41,47H,3-9,12,15-21,25-29,36-40H2,1-2H3/b11-10+,14-13+. The number of esters is 1. The van der Waals surface area contributed by atoms with Gasteiger partial charge in [0.2, 0.25) is 0 Å². The number of benzene rings is 2. The summed E-state index contributed by atoms with van der Waals surface area (Å²) in [6.45, 7) is 8.39. The van der Waals surface area contributed by atoms with Gasteiger partial charge in [0.1, 0.15) is 11.5 Å². The number of hydrogen-bond acceptors (Lipinski definition) is 5. The molecule has 2 aromatic rings. The number of allylic oxidation sites excluding steroid dienone is 4. The predicted molar refractivity (Wildman–Crippen MR) is 212 cm³/mol. The van der Waals surface area contributed by atoms with Gasteiger partial charge in [0.25, 0.3) is 0 Å². The Kier molecular flexibility index (Phi) is 26.7. The number of para-hydroxylation sites is 1. The van der Waals surface area contributed by atoms with E-state index < -0.39 is 0 Å². The predicted octanol–water partition coefficient (Wildman–Crippen LogP) is 12.4. The van der Waals surface area contributed by atoms with Gasteiger partial charge in [0.05, 0.1) is 12.5 Å². The van der Waals surface area contributed by atoms with E-state index in [2.05, 4.69) is 36.1 Å². The van der Waals surface area contributed by atoms with Gasteiger partial charge < -0.3 is 19.5 Å². The molecule has 50 heavy (non-hydrogen) atoms. The Morgan fingerprint density at radius 1 is 0.640 bits per heavy atom. The summed E-state index contributed by atoms with van der Waals surface area (Å²) >= 11 is 0. The van der Waals surface area contributed by atoms with Crippen LogP contribution in [0.15, 0.2) is 78.9 Å². The smallest absolute Gasteiger partial charge is 0.313 e. The molecule has 0 bridgehead atoms. The second kappa shape index (κ2) is 30.9. The normalized spacial score (nSPS) is 12.3. The van der Waals surface area contributed by atoms with Gasteiger partial charge in [-0.15, -0.1) is 0 Å². The maximum absolute atomic E-state index is 12.6. The first-order valence-corrected chi connectivity index (χ1v) is 20.3. The molecule has 0 aliphatic heterocycles. The lowest BCUT2D eigenvalue weighted by Gasteiger charge is -2.22. The molecule has 0 amide bonds. The number of hydrogen-bond donors (Lipinski definition) is 1. The average molecular weight is 690 g/mol. The molecule has 1 atom stereocenters. The molecule has 0 radical (unpaired) electrons. The molecule has 0 aliphatic carbocycles. The van der Waals surface area contributed by atoms with Crippen LogP contribution >= 0.6 is 0 Å². The minimum atomic E-state index is -0.296. The molecule has 0 spiro atoms. The summed E-state index contributed by atoms with van der Waals surface area (Å²) in [4.78, 5) is 15.2. The molecule has 5 nitrogen and oxygen atoms in total. The van der Waals surface area contributed by atoms with Crippen LogP contribution in [0.2, 0.25) is 0 Å². The highest BCUT2D eigenvalue weighted by Crippen LogP contribution is 2.24. The van der Waals surface area contributed by atoms with Crippen molar-refractivity contribution < 1.29 is 19.4 Å². The highest BCUT2D eigenvalue weighted by Gasteiger charge is 2.16. The van der Waals surface area contributed by atoms with E-state index in [1.807, 2.05) is 61.5 Å². The van der Waals surface area contributed by atoms with E-state index in [0.717, 1.165) is 62.3 Å². The van der Waals surface area contributed by atoms with Gasteiger partial charge >= 0.3 is 5.97 Å². The highest BCUT2D eigenvalue weighted by molar-refractivity contribution is 5.77. The summed E-state index contributed by atoms with van der Waals surface area (Å²) in [5.74, 6) is 1.08. The third-order valence-corrected chi connectivity index (χ3v) is 9.38. The number of carbonyl (C=O) groups is 1. The van der Waals surface area contributed by atoms with Crippen LogP contribution in [0.3, 0.4) is 0 Å². The molecule has 1 N–H and O–H groups in total. The molecule has 0 fully saturated rings. The summed E-state index contributed by atoms with van der Waals surface area (Å²) in [7, 11) is 0. The molecule has 2 aromatic carbocycles. The molecular weight excluding hydrogens is 618 g/mol. The Hall–Kier alpha value is -2.89. The van der Waals surface area contributed by atoms with E-state index >= 15 is 0 Å². The molecule has 5 heteroatoms. The maximum atomic E-state index is 12.6. The average Bonchev–Trinajstić information content (AvgIpc) is 3.14. The van der Waals surface area contributed by atoms with Crippen LogP contribution in [-0.2, 0) is 9.53 Å². The first kappa shape index (κ1) is 43.3. The van der Waals surface area contributed by atoms with Crippen LogP contribution in [0.25, 0.3) is 0 Å². The van der Waals surface area contributed by atoms with Crippen LogP contribution in [0, 0.1) is 0 Å². The Morgan fingerprint density at radius 3 is 1.78 bits per heavy atom. The van der Waals surface area contributed by atoms with Crippen molar-refractivity contribution in [1.29, 1.82) is 0 Å². The Morgan fingerprint density at radius 2 is 1.16 bits per heavy atom. The van der Waals surface area contributed by atoms with E-state index in [0.29, 0.717) is 13.2 Å². The fraction of sp³-hybridized carbons (Fsp3) is 0.622. The second-order valence-electron chi connectivity index (χ2n) is 13.9. The lowest BCUT2D eigenvalue weighted by molar-refractivity contribution is -0.145. The summed E-state index contributed by atoms with van der Waals surface area (Å²) in [6, 6.07) is 17.4. The fourth-order valence-corrected chi connectivity index (χ4v) is 6.13. The van der Waals surface area contributed by atoms with Crippen molar-refractivity contribution in [3.63, 3.8) is 0 Å². The van der Waals surface area contributed by atoms with Crippen molar-refractivity contribution in [2.75, 3.05) is 32.8 Å². The van der Waals surface area contributed by atoms with Gasteiger partial charge in [0.15, 0.2) is 0 Å². The molecule has 280 valence electrons. The summed E-state index contributed by atoms with van der Waals surface area (Å²) in [6.07, 6.45) is 33.8. The van der Waals surface area contributed by atoms with E-state index in [1.165, 1.54) is 103 Å². The monoisotopic (exact) mass is 690 g/mol. The van der Waals surface area contributed by atoms with Crippen molar-refractivity contribution in [3.8, 4) is 11.5 Å². The van der Waals surface area contributed by atoms with Crippen molar-refractivity contribution in [2.45, 2.75) is 148 Å². The van der Waals surface area contributed by atoms with Gasteiger partial charge in [-0.25, -0.2) is 0 Å². The number of nitrogens with zero attached hydrogens (tertiary/aromatic N) is 1. The van der Waals surface area contributed by atoms with Gasteiger partial charge in [-0.05, 0) is 121 Å². The number of aliphatic hydroxyl groups excluding tert-OH is 1. The topological polar surface area (TPSA) is 59.0 Å². The fourth-order valence-electron chi connectivity index (χ4n) is 6.13. The van der Waals surface area contributed by atoms with Crippen molar-refractivity contribution >= 4 is 5.97 Å². The minimum Gasteiger partial charge on any atom is -0.465 e. The SMILES string of the molecule is CCCCCCCC/C=C/C/C=C/CCCCCN(CCCCO)CCCCCCCCOC(=O)C(C)c1ccc(Oc2ccccc2)cc1. The van der Waals surface area contributed by atoms with Gasteiger partial charge in [-0.3, -0.25) is 4.79 Å². The zero-order valence-corrected chi connectivity index (χ0v) is 31.9.